The highest BCUT2D eigenvalue weighted by Gasteiger charge is 2.16. The highest BCUT2D eigenvalue weighted by atomic mass is 16.5. The van der Waals surface area contributed by atoms with E-state index in [0.29, 0.717) is 6.61 Å². The van der Waals surface area contributed by atoms with Crippen LogP contribution in [0.3, 0.4) is 0 Å². The summed E-state index contributed by atoms with van der Waals surface area (Å²) >= 11 is 0. The van der Waals surface area contributed by atoms with Gasteiger partial charge in [0.15, 0.2) is 0 Å². The van der Waals surface area contributed by atoms with Crippen molar-refractivity contribution in [3.63, 3.8) is 0 Å². The van der Waals surface area contributed by atoms with Gasteiger partial charge in [-0.3, -0.25) is 0 Å². The molecule has 0 amide bonds. The SMILES string of the molecule is C=C(CNC(C)(C)C)COC(C)(C)CC. The lowest BCUT2D eigenvalue weighted by atomic mass is 10.1. The van der Waals surface area contributed by atoms with Crippen molar-refractivity contribution in [3.05, 3.63) is 12.2 Å². The molecule has 0 unspecified atom stereocenters. The summed E-state index contributed by atoms with van der Waals surface area (Å²) in [7, 11) is 0. The van der Waals surface area contributed by atoms with E-state index in [1.165, 1.54) is 0 Å². The molecule has 0 bridgehead atoms. The highest BCUT2D eigenvalue weighted by molar-refractivity contribution is 4.99. The van der Waals surface area contributed by atoms with E-state index in [9.17, 15) is 0 Å². The van der Waals surface area contributed by atoms with Gasteiger partial charge in [0.2, 0.25) is 0 Å². The molecule has 0 atom stereocenters. The Bertz CT molecular complexity index is 201. The fourth-order valence-corrected chi connectivity index (χ4v) is 0.841. The standard InChI is InChI=1S/C13H27NO/c1-8-13(6,7)15-10-11(2)9-14-12(3,4)5/h14H,2,8-10H2,1,3-7H3. The van der Waals surface area contributed by atoms with Crippen LogP contribution >= 0.6 is 0 Å². The predicted octanol–water partition coefficient (Wildman–Crippen LogP) is 3.14. The molecule has 90 valence electrons. The van der Waals surface area contributed by atoms with Gasteiger partial charge < -0.3 is 10.1 Å². The van der Waals surface area contributed by atoms with Crippen LogP contribution in [-0.4, -0.2) is 24.3 Å². The molecular weight excluding hydrogens is 186 g/mol. The molecule has 0 fully saturated rings. The molecule has 0 aromatic rings. The van der Waals surface area contributed by atoms with E-state index in [4.69, 9.17) is 4.74 Å². The van der Waals surface area contributed by atoms with Gasteiger partial charge in [-0.25, -0.2) is 0 Å². The predicted molar refractivity (Wildman–Crippen MR) is 67.2 cm³/mol. The Morgan fingerprint density at radius 1 is 1.20 bits per heavy atom. The Hall–Kier alpha value is -0.340. The summed E-state index contributed by atoms with van der Waals surface area (Å²) in [6.45, 7) is 18.3. The summed E-state index contributed by atoms with van der Waals surface area (Å²) in [5.41, 5.74) is 1.21. The van der Waals surface area contributed by atoms with Crippen molar-refractivity contribution in [1.29, 1.82) is 0 Å². The number of hydrogen-bond acceptors (Lipinski definition) is 2. The first-order chi connectivity index (χ1) is 6.66. The van der Waals surface area contributed by atoms with Crippen molar-refractivity contribution in [1.82, 2.24) is 5.32 Å². The van der Waals surface area contributed by atoms with Gasteiger partial charge >= 0.3 is 0 Å². The fourth-order valence-electron chi connectivity index (χ4n) is 0.841. The zero-order chi connectivity index (χ0) is 12.1. The largest absolute Gasteiger partial charge is 0.371 e. The first-order valence-electron chi connectivity index (χ1n) is 5.72. The molecular formula is C13H27NO. The second-order valence-electron chi connectivity index (χ2n) is 5.76. The van der Waals surface area contributed by atoms with Crippen LogP contribution in [0.4, 0.5) is 0 Å². The third kappa shape index (κ3) is 8.64. The van der Waals surface area contributed by atoms with E-state index in [1.807, 2.05) is 0 Å². The molecule has 0 aliphatic rings. The van der Waals surface area contributed by atoms with Gasteiger partial charge in [-0.05, 0) is 46.6 Å². The normalized spacial score (nSPS) is 12.9. The van der Waals surface area contributed by atoms with Gasteiger partial charge in [-0.15, -0.1) is 0 Å². The van der Waals surface area contributed by atoms with Gasteiger partial charge in [0.05, 0.1) is 12.2 Å². The summed E-state index contributed by atoms with van der Waals surface area (Å²) in [4.78, 5) is 0. The Kier molecular flexibility index (Phi) is 5.54. The first-order valence-corrected chi connectivity index (χ1v) is 5.72. The molecule has 2 heteroatoms. The Balaban J connectivity index is 3.77. The van der Waals surface area contributed by atoms with Crippen molar-refractivity contribution in [2.24, 2.45) is 0 Å². The summed E-state index contributed by atoms with van der Waals surface area (Å²) in [5.74, 6) is 0. The molecule has 0 aromatic carbocycles. The van der Waals surface area contributed by atoms with Crippen molar-refractivity contribution in [2.75, 3.05) is 13.2 Å². The van der Waals surface area contributed by atoms with Crippen LogP contribution in [-0.2, 0) is 4.74 Å². The van der Waals surface area contributed by atoms with E-state index >= 15 is 0 Å². The molecule has 2 nitrogen and oxygen atoms in total. The Labute approximate surface area is 95.1 Å². The lowest BCUT2D eigenvalue weighted by Crippen LogP contribution is -2.38. The van der Waals surface area contributed by atoms with Gasteiger partial charge in [-0.2, -0.15) is 0 Å². The second-order valence-corrected chi connectivity index (χ2v) is 5.76. The van der Waals surface area contributed by atoms with Crippen LogP contribution in [0.1, 0.15) is 48.0 Å². The van der Waals surface area contributed by atoms with Crippen molar-refractivity contribution < 1.29 is 4.74 Å². The summed E-state index contributed by atoms with van der Waals surface area (Å²) in [6.07, 6.45) is 1.02. The number of nitrogens with one attached hydrogen (secondary N) is 1. The van der Waals surface area contributed by atoms with Gasteiger partial charge in [-0.1, -0.05) is 13.5 Å². The number of hydrogen-bond donors (Lipinski definition) is 1. The quantitative estimate of drug-likeness (QED) is 0.684. The summed E-state index contributed by atoms with van der Waals surface area (Å²) in [5, 5.41) is 3.40. The zero-order valence-corrected chi connectivity index (χ0v) is 11.2. The van der Waals surface area contributed by atoms with Crippen LogP contribution in [0.2, 0.25) is 0 Å². The molecule has 1 N–H and O–H groups in total. The monoisotopic (exact) mass is 213 g/mol. The fraction of sp³-hybridized carbons (Fsp3) is 0.846. The molecule has 0 heterocycles. The molecule has 0 aliphatic carbocycles. The van der Waals surface area contributed by atoms with Gasteiger partial charge in [0.1, 0.15) is 0 Å². The lowest BCUT2D eigenvalue weighted by Gasteiger charge is -2.26. The van der Waals surface area contributed by atoms with Crippen molar-refractivity contribution in [2.45, 2.75) is 59.1 Å². The minimum atomic E-state index is -0.0370. The van der Waals surface area contributed by atoms with Gasteiger partial charge in [0, 0.05) is 12.1 Å². The average molecular weight is 213 g/mol. The maximum atomic E-state index is 5.77. The lowest BCUT2D eigenvalue weighted by molar-refractivity contribution is -0.00759. The van der Waals surface area contributed by atoms with Crippen LogP contribution in [0, 0.1) is 0 Å². The molecule has 0 radical (unpaired) electrons. The average Bonchev–Trinajstić information content (AvgIpc) is 2.10. The molecule has 0 saturated carbocycles. The third-order valence-corrected chi connectivity index (χ3v) is 2.39. The smallest absolute Gasteiger partial charge is 0.0693 e. The molecule has 0 aliphatic heterocycles. The topological polar surface area (TPSA) is 21.3 Å². The van der Waals surface area contributed by atoms with E-state index < -0.39 is 0 Å². The number of rotatable bonds is 6. The minimum Gasteiger partial charge on any atom is -0.371 e. The van der Waals surface area contributed by atoms with Crippen LogP contribution in [0.25, 0.3) is 0 Å². The van der Waals surface area contributed by atoms with E-state index in [1.54, 1.807) is 0 Å². The van der Waals surface area contributed by atoms with Crippen molar-refractivity contribution >= 4 is 0 Å². The second kappa shape index (κ2) is 5.66. The zero-order valence-electron chi connectivity index (χ0n) is 11.2. The molecule has 0 spiro atoms. The highest BCUT2D eigenvalue weighted by Crippen LogP contribution is 2.14. The Morgan fingerprint density at radius 2 is 1.73 bits per heavy atom. The third-order valence-electron chi connectivity index (χ3n) is 2.39. The van der Waals surface area contributed by atoms with E-state index in [-0.39, 0.29) is 11.1 Å². The number of ether oxygens (including phenoxy) is 1. The van der Waals surface area contributed by atoms with E-state index in [0.717, 1.165) is 18.5 Å². The molecule has 0 saturated heterocycles. The summed E-state index contributed by atoms with van der Waals surface area (Å²) in [6, 6.07) is 0. The van der Waals surface area contributed by atoms with Crippen molar-refractivity contribution in [3.8, 4) is 0 Å². The Morgan fingerprint density at radius 3 is 2.13 bits per heavy atom. The minimum absolute atomic E-state index is 0.0370. The van der Waals surface area contributed by atoms with Crippen LogP contribution < -0.4 is 5.32 Å². The van der Waals surface area contributed by atoms with E-state index in [2.05, 4.69) is 53.4 Å². The maximum absolute atomic E-state index is 5.77. The first kappa shape index (κ1) is 14.7. The van der Waals surface area contributed by atoms with Crippen LogP contribution in [0.15, 0.2) is 12.2 Å². The molecule has 15 heavy (non-hydrogen) atoms. The van der Waals surface area contributed by atoms with Crippen LogP contribution in [0.5, 0.6) is 0 Å². The molecule has 0 rings (SSSR count). The maximum Gasteiger partial charge on any atom is 0.0693 e. The summed E-state index contributed by atoms with van der Waals surface area (Å²) < 4.78 is 5.77. The molecule has 0 aromatic heterocycles. The van der Waals surface area contributed by atoms with Gasteiger partial charge in [0.25, 0.3) is 0 Å².